The van der Waals surface area contributed by atoms with Crippen molar-refractivity contribution in [3.63, 3.8) is 0 Å². The first-order chi connectivity index (χ1) is 17.8. The van der Waals surface area contributed by atoms with Crippen LogP contribution >= 0.6 is 0 Å². The third-order valence-electron chi connectivity index (χ3n) is 8.11. The van der Waals surface area contributed by atoms with Crippen molar-refractivity contribution in [3.8, 4) is 6.07 Å². The van der Waals surface area contributed by atoms with Gasteiger partial charge in [-0.05, 0) is 80.7 Å². The molecule has 1 N–H and O–H groups in total. The van der Waals surface area contributed by atoms with E-state index in [0.29, 0.717) is 11.5 Å². The van der Waals surface area contributed by atoms with Crippen LogP contribution in [0, 0.1) is 37.0 Å². The summed E-state index contributed by atoms with van der Waals surface area (Å²) in [5, 5.41) is 20.8. The van der Waals surface area contributed by atoms with Crippen molar-refractivity contribution >= 4 is 17.6 Å². The van der Waals surface area contributed by atoms with Gasteiger partial charge in [0.05, 0.1) is 23.9 Å². The number of aromatic nitrogens is 4. The van der Waals surface area contributed by atoms with Crippen molar-refractivity contribution < 1.29 is 9.59 Å². The van der Waals surface area contributed by atoms with Crippen LogP contribution in [0.15, 0.2) is 36.7 Å². The van der Waals surface area contributed by atoms with Gasteiger partial charge in [-0.1, -0.05) is 22.9 Å². The van der Waals surface area contributed by atoms with Crippen molar-refractivity contribution in [2.75, 3.05) is 11.4 Å². The summed E-state index contributed by atoms with van der Waals surface area (Å²) >= 11 is 0. The van der Waals surface area contributed by atoms with E-state index in [1.54, 1.807) is 17.1 Å². The van der Waals surface area contributed by atoms with E-state index in [2.05, 4.69) is 32.7 Å². The number of rotatable bonds is 6. The maximum Gasteiger partial charge on any atom is 0.273 e. The number of anilines is 1. The lowest BCUT2D eigenvalue weighted by Gasteiger charge is -2.36. The number of amides is 2. The van der Waals surface area contributed by atoms with E-state index in [-0.39, 0.29) is 41.4 Å². The quantitative estimate of drug-likeness (QED) is 0.560. The molecule has 3 atom stereocenters. The number of aryl methyl sites for hydroxylation is 2. The molecule has 188 valence electrons. The Balaban J connectivity index is 1.08. The fraction of sp³-hybridized carbons (Fsp3) is 0.429. The second-order valence-corrected chi connectivity index (χ2v) is 10.8. The number of carbonyl (C=O) groups excluding carboxylic acids is 2. The standard InChI is InChI=1S/C28H29N7O2/c1-15-4-5-18(11-29)23(6-15)19-8-22(9-19)31-27(36)25-14-35(33-32-25)17(3)20-7-16(2)26(30-12-20)34-13-21-10-24(21)28(34)37/h4-7,12,14,17,19,21-22,24H,8-10,13H2,1-3H3,(H,31,36)/t17?,19?,21-,22?,24-/m1/s1. The zero-order valence-corrected chi connectivity index (χ0v) is 21.2. The molecule has 2 aliphatic carbocycles. The fourth-order valence-electron chi connectivity index (χ4n) is 5.66. The highest BCUT2D eigenvalue weighted by Gasteiger charge is 2.53. The van der Waals surface area contributed by atoms with Gasteiger partial charge in [-0.15, -0.1) is 5.10 Å². The van der Waals surface area contributed by atoms with E-state index in [1.807, 2.05) is 43.9 Å². The summed E-state index contributed by atoms with van der Waals surface area (Å²) in [4.78, 5) is 31.7. The Kier molecular flexibility index (Phi) is 5.55. The first-order valence-electron chi connectivity index (χ1n) is 12.8. The van der Waals surface area contributed by atoms with Crippen molar-refractivity contribution in [2.24, 2.45) is 11.8 Å². The number of fused-ring (bicyclic) bond motifs is 1. The van der Waals surface area contributed by atoms with Gasteiger partial charge in [0.1, 0.15) is 5.82 Å². The molecule has 0 bridgehead atoms. The number of benzene rings is 1. The number of nitriles is 1. The molecule has 3 fully saturated rings. The number of piperidine rings is 1. The molecule has 3 heterocycles. The number of hydrogen-bond acceptors (Lipinski definition) is 6. The highest BCUT2D eigenvalue weighted by atomic mass is 16.2. The van der Waals surface area contributed by atoms with Gasteiger partial charge in [0.25, 0.3) is 5.91 Å². The molecule has 2 aromatic heterocycles. The molecular weight excluding hydrogens is 466 g/mol. The predicted octanol–water partition coefficient (Wildman–Crippen LogP) is 3.43. The van der Waals surface area contributed by atoms with Gasteiger partial charge in [-0.3, -0.25) is 14.5 Å². The van der Waals surface area contributed by atoms with Crippen LogP contribution in [0.4, 0.5) is 5.82 Å². The number of nitrogens with zero attached hydrogens (tertiary/aromatic N) is 6. The zero-order chi connectivity index (χ0) is 25.8. The van der Waals surface area contributed by atoms with Gasteiger partial charge in [-0.25, -0.2) is 9.67 Å². The monoisotopic (exact) mass is 495 g/mol. The van der Waals surface area contributed by atoms with E-state index in [9.17, 15) is 14.9 Å². The highest BCUT2D eigenvalue weighted by molar-refractivity contribution is 5.99. The molecule has 0 radical (unpaired) electrons. The second-order valence-electron chi connectivity index (χ2n) is 10.8. The van der Waals surface area contributed by atoms with Gasteiger partial charge in [0.2, 0.25) is 5.91 Å². The Hall–Kier alpha value is -4.06. The van der Waals surface area contributed by atoms with E-state index in [4.69, 9.17) is 0 Å². The van der Waals surface area contributed by atoms with Crippen LogP contribution in [-0.2, 0) is 4.79 Å². The van der Waals surface area contributed by atoms with E-state index < -0.39 is 0 Å². The zero-order valence-electron chi connectivity index (χ0n) is 21.2. The molecule has 6 rings (SSSR count). The van der Waals surface area contributed by atoms with Gasteiger partial charge >= 0.3 is 0 Å². The van der Waals surface area contributed by atoms with Gasteiger partial charge in [0.15, 0.2) is 5.69 Å². The Morgan fingerprint density at radius 2 is 2.03 bits per heavy atom. The van der Waals surface area contributed by atoms with Crippen LogP contribution in [0.2, 0.25) is 0 Å². The lowest BCUT2D eigenvalue weighted by molar-refractivity contribution is -0.118. The minimum atomic E-state index is -0.248. The maximum absolute atomic E-state index is 12.8. The molecule has 2 saturated carbocycles. The maximum atomic E-state index is 12.8. The van der Waals surface area contributed by atoms with Crippen molar-refractivity contribution in [2.45, 2.75) is 58.0 Å². The molecule has 9 heteroatoms. The molecule has 2 amide bonds. The topological polar surface area (TPSA) is 117 Å². The smallest absolute Gasteiger partial charge is 0.273 e. The minimum Gasteiger partial charge on any atom is -0.348 e. The van der Waals surface area contributed by atoms with Gasteiger partial charge in [-0.2, -0.15) is 5.26 Å². The highest BCUT2D eigenvalue weighted by Crippen LogP contribution is 2.47. The van der Waals surface area contributed by atoms with Crippen molar-refractivity contribution in [3.05, 3.63) is 70.2 Å². The molecule has 9 nitrogen and oxygen atoms in total. The molecule has 3 aliphatic rings. The normalized spacial score (nSPS) is 24.7. The Morgan fingerprint density at radius 1 is 1.22 bits per heavy atom. The number of pyridine rings is 1. The fourth-order valence-corrected chi connectivity index (χ4v) is 5.66. The van der Waals surface area contributed by atoms with Crippen molar-refractivity contribution in [1.29, 1.82) is 5.26 Å². The first-order valence-corrected chi connectivity index (χ1v) is 12.8. The third-order valence-corrected chi connectivity index (χ3v) is 8.11. The summed E-state index contributed by atoms with van der Waals surface area (Å²) in [7, 11) is 0. The molecule has 1 unspecified atom stereocenters. The van der Waals surface area contributed by atoms with E-state index >= 15 is 0 Å². The Morgan fingerprint density at radius 3 is 2.73 bits per heavy atom. The Bertz CT molecular complexity index is 1450. The summed E-state index contributed by atoms with van der Waals surface area (Å²) in [5.74, 6) is 1.64. The number of carbonyl (C=O) groups is 2. The van der Waals surface area contributed by atoms with Crippen LogP contribution in [0.5, 0.6) is 0 Å². The average Bonchev–Trinajstić information content (AvgIpc) is 3.32. The van der Waals surface area contributed by atoms with Crippen LogP contribution in [-0.4, -0.2) is 44.4 Å². The molecule has 1 saturated heterocycles. The predicted molar refractivity (Wildman–Crippen MR) is 136 cm³/mol. The van der Waals surface area contributed by atoms with Gasteiger partial charge in [0, 0.05) is 24.7 Å². The third kappa shape index (κ3) is 4.16. The summed E-state index contributed by atoms with van der Waals surface area (Å²) in [6.07, 6.45) is 6.05. The lowest BCUT2D eigenvalue weighted by atomic mass is 9.74. The Labute approximate surface area is 215 Å². The summed E-state index contributed by atoms with van der Waals surface area (Å²) in [6.45, 7) is 6.74. The molecule has 37 heavy (non-hydrogen) atoms. The van der Waals surface area contributed by atoms with Crippen LogP contribution in [0.25, 0.3) is 0 Å². The SMILES string of the molecule is Cc1ccc(C#N)c(C2CC(NC(=O)c3cn(C(C)c4cnc(N5C[C@H]6C[C@H]6C5=O)c(C)c4)nn3)C2)c1. The van der Waals surface area contributed by atoms with E-state index in [0.717, 1.165) is 53.9 Å². The molecular formula is C28H29N7O2. The van der Waals surface area contributed by atoms with Crippen LogP contribution in [0.3, 0.4) is 0 Å². The van der Waals surface area contributed by atoms with E-state index in [1.165, 1.54) is 0 Å². The number of hydrogen-bond donors (Lipinski definition) is 1. The van der Waals surface area contributed by atoms with Crippen LogP contribution in [0.1, 0.15) is 76.5 Å². The molecule has 1 aromatic carbocycles. The van der Waals surface area contributed by atoms with Gasteiger partial charge < -0.3 is 5.32 Å². The second kappa shape index (κ2) is 8.80. The molecule has 3 aromatic rings. The van der Waals surface area contributed by atoms with Crippen LogP contribution < -0.4 is 10.2 Å². The number of nitrogens with one attached hydrogen (secondary N) is 1. The largest absolute Gasteiger partial charge is 0.348 e. The minimum absolute atomic E-state index is 0.0471. The average molecular weight is 496 g/mol. The lowest BCUT2D eigenvalue weighted by Crippen LogP contribution is -2.43. The molecule has 0 spiro atoms. The first kappa shape index (κ1) is 23.3. The summed E-state index contributed by atoms with van der Waals surface area (Å²) in [5.41, 5.74) is 5.06. The summed E-state index contributed by atoms with van der Waals surface area (Å²) in [6, 6.07) is 10.1. The molecule has 1 aliphatic heterocycles. The summed E-state index contributed by atoms with van der Waals surface area (Å²) < 4.78 is 1.66. The van der Waals surface area contributed by atoms with Crippen molar-refractivity contribution in [1.82, 2.24) is 25.3 Å².